The van der Waals surface area contributed by atoms with Crippen molar-refractivity contribution >= 4 is 6.29 Å². The van der Waals surface area contributed by atoms with Gasteiger partial charge in [0.15, 0.2) is 0 Å². The van der Waals surface area contributed by atoms with Crippen molar-refractivity contribution in [1.82, 2.24) is 5.32 Å². The van der Waals surface area contributed by atoms with Crippen LogP contribution in [0.4, 0.5) is 0 Å². The third kappa shape index (κ3) is 25.6. The van der Waals surface area contributed by atoms with E-state index >= 15 is 0 Å². The summed E-state index contributed by atoms with van der Waals surface area (Å²) in [6.07, 6.45) is 2.52. The first kappa shape index (κ1) is 12.3. The summed E-state index contributed by atoms with van der Waals surface area (Å²) in [5.74, 6) is 0. The van der Waals surface area contributed by atoms with Gasteiger partial charge in [-0.05, 0) is 26.6 Å². The van der Waals surface area contributed by atoms with Crippen molar-refractivity contribution in [3.63, 3.8) is 0 Å². The van der Waals surface area contributed by atoms with Crippen molar-refractivity contribution in [2.24, 2.45) is 5.73 Å². The fourth-order valence-electron chi connectivity index (χ4n) is 0.318. The molecule has 10 heavy (non-hydrogen) atoms. The molecule has 0 amide bonds. The van der Waals surface area contributed by atoms with Gasteiger partial charge in [0.25, 0.3) is 0 Å². The second-order valence-electron chi connectivity index (χ2n) is 1.85. The van der Waals surface area contributed by atoms with E-state index in [1.807, 2.05) is 7.05 Å². The Labute approximate surface area is 63.0 Å². The molecular weight excluding hydrogens is 128 g/mol. The summed E-state index contributed by atoms with van der Waals surface area (Å²) in [5, 5.41) is 3.02. The molecule has 0 unspecified atom stereocenters. The van der Waals surface area contributed by atoms with Crippen LogP contribution in [0.15, 0.2) is 0 Å². The molecule has 0 saturated carbocycles. The van der Waals surface area contributed by atoms with E-state index in [4.69, 9.17) is 5.73 Å². The fourth-order valence-corrected chi connectivity index (χ4v) is 0.318. The van der Waals surface area contributed by atoms with Crippen molar-refractivity contribution in [3.8, 4) is 0 Å². The summed E-state index contributed by atoms with van der Waals surface area (Å²) in [6.45, 7) is 3.76. The molecule has 0 bridgehead atoms. The minimum atomic E-state index is 0.476. The number of nitrogens with one attached hydrogen (secondary N) is 1. The van der Waals surface area contributed by atoms with Crippen molar-refractivity contribution in [2.75, 3.05) is 20.1 Å². The minimum Gasteiger partial charge on any atom is -0.330 e. The van der Waals surface area contributed by atoms with Crippen LogP contribution < -0.4 is 11.1 Å². The van der Waals surface area contributed by atoms with E-state index in [9.17, 15) is 4.79 Å². The molecule has 3 N–H and O–H groups in total. The maximum Gasteiger partial charge on any atom is 0.121 e. The van der Waals surface area contributed by atoms with Crippen molar-refractivity contribution < 1.29 is 4.79 Å². The molecule has 0 aromatic heterocycles. The molecule has 3 nitrogen and oxygen atoms in total. The van der Waals surface area contributed by atoms with Crippen LogP contribution in [0.1, 0.15) is 19.8 Å². The Bertz CT molecular complexity index is 55.6. The van der Waals surface area contributed by atoms with E-state index in [-0.39, 0.29) is 0 Å². The van der Waals surface area contributed by atoms with Crippen LogP contribution in [0.25, 0.3) is 0 Å². The number of hydrogen-bond donors (Lipinski definition) is 2. The second kappa shape index (κ2) is 15.8. The first-order valence-electron chi connectivity index (χ1n) is 3.61. The number of carbonyl (C=O) groups is 1. The summed E-state index contributed by atoms with van der Waals surface area (Å²) >= 11 is 0. The lowest BCUT2D eigenvalue weighted by Gasteiger charge is -1.84. The molecule has 62 valence electrons. The van der Waals surface area contributed by atoms with Gasteiger partial charge < -0.3 is 15.8 Å². The van der Waals surface area contributed by atoms with E-state index < -0.39 is 0 Å². The predicted octanol–water partition coefficient (Wildman–Crippen LogP) is 0.150. The van der Waals surface area contributed by atoms with Gasteiger partial charge in [0.2, 0.25) is 0 Å². The van der Waals surface area contributed by atoms with E-state index in [1.165, 1.54) is 6.42 Å². The third-order valence-corrected chi connectivity index (χ3v) is 0.785. The quantitative estimate of drug-likeness (QED) is 0.555. The summed E-state index contributed by atoms with van der Waals surface area (Å²) in [6, 6.07) is 0. The Hall–Kier alpha value is -0.410. The molecule has 0 saturated heterocycles. The smallest absolute Gasteiger partial charge is 0.121 e. The molecule has 0 aromatic rings. The lowest BCUT2D eigenvalue weighted by Crippen LogP contribution is -2.04. The van der Waals surface area contributed by atoms with Crippen LogP contribution in [0.2, 0.25) is 0 Å². The maximum absolute atomic E-state index is 9.32. The highest BCUT2D eigenvalue weighted by molar-refractivity contribution is 5.49. The highest BCUT2D eigenvalue weighted by Gasteiger charge is 1.66. The van der Waals surface area contributed by atoms with Gasteiger partial charge in [-0.1, -0.05) is 6.92 Å². The first-order chi connectivity index (χ1) is 4.83. The molecule has 0 aliphatic rings. The third-order valence-electron chi connectivity index (χ3n) is 0.785. The predicted molar refractivity (Wildman–Crippen MR) is 44.0 cm³/mol. The fraction of sp³-hybridized carbons (Fsp3) is 0.857. The first-order valence-corrected chi connectivity index (χ1v) is 3.61. The van der Waals surface area contributed by atoms with E-state index in [0.717, 1.165) is 12.8 Å². The van der Waals surface area contributed by atoms with Gasteiger partial charge in [-0.3, -0.25) is 0 Å². The van der Waals surface area contributed by atoms with Gasteiger partial charge >= 0.3 is 0 Å². The molecule has 0 aliphatic heterocycles. The van der Waals surface area contributed by atoms with Gasteiger partial charge in [-0.15, -0.1) is 0 Å². The van der Waals surface area contributed by atoms with E-state index in [2.05, 4.69) is 12.2 Å². The van der Waals surface area contributed by atoms with Crippen LogP contribution >= 0.6 is 0 Å². The standard InChI is InChI=1S/C4H11N.C3H7NO/c1-3-4-5-2;4-2-1-3-5/h5H,3-4H2,1-2H3;3H,1-2,4H2. The van der Waals surface area contributed by atoms with Crippen LogP contribution in [0.5, 0.6) is 0 Å². The van der Waals surface area contributed by atoms with Gasteiger partial charge in [-0.25, -0.2) is 0 Å². The van der Waals surface area contributed by atoms with Crippen LogP contribution in [0.3, 0.4) is 0 Å². The van der Waals surface area contributed by atoms with Gasteiger partial charge in [0.05, 0.1) is 0 Å². The highest BCUT2D eigenvalue weighted by Crippen LogP contribution is 1.62. The topological polar surface area (TPSA) is 55.1 Å². The summed E-state index contributed by atoms with van der Waals surface area (Å²) in [5.41, 5.74) is 4.91. The number of rotatable bonds is 4. The van der Waals surface area contributed by atoms with Gasteiger partial charge in [0.1, 0.15) is 6.29 Å². The number of aldehydes is 1. The minimum absolute atomic E-state index is 0.476. The summed E-state index contributed by atoms with van der Waals surface area (Å²) < 4.78 is 0. The number of hydrogen-bond acceptors (Lipinski definition) is 3. The molecule has 0 aliphatic carbocycles. The Morgan fingerprint density at radius 1 is 1.60 bits per heavy atom. The van der Waals surface area contributed by atoms with Crippen molar-refractivity contribution in [1.29, 1.82) is 0 Å². The molecule has 0 aromatic carbocycles. The molecule has 0 radical (unpaired) electrons. The average Bonchev–Trinajstić information content (AvgIpc) is 1.93. The SMILES string of the molecule is CCCNC.NCCC=O. The molecular formula is C7H18N2O. The molecule has 3 heteroatoms. The van der Waals surface area contributed by atoms with Gasteiger partial charge in [0, 0.05) is 6.42 Å². The van der Waals surface area contributed by atoms with Crippen LogP contribution in [-0.2, 0) is 4.79 Å². The zero-order valence-corrected chi connectivity index (χ0v) is 6.89. The zero-order chi connectivity index (χ0) is 8.24. The Morgan fingerprint density at radius 2 is 2.20 bits per heavy atom. The van der Waals surface area contributed by atoms with Crippen molar-refractivity contribution in [2.45, 2.75) is 19.8 Å². The Morgan fingerprint density at radius 3 is 2.20 bits per heavy atom. The van der Waals surface area contributed by atoms with Crippen molar-refractivity contribution in [3.05, 3.63) is 0 Å². The monoisotopic (exact) mass is 146 g/mol. The van der Waals surface area contributed by atoms with E-state index in [1.54, 1.807) is 0 Å². The van der Waals surface area contributed by atoms with Crippen LogP contribution in [-0.4, -0.2) is 26.4 Å². The zero-order valence-electron chi connectivity index (χ0n) is 6.89. The second-order valence-corrected chi connectivity index (χ2v) is 1.85. The van der Waals surface area contributed by atoms with Gasteiger partial charge in [-0.2, -0.15) is 0 Å². The molecule has 0 atom stereocenters. The molecule has 0 heterocycles. The molecule has 0 spiro atoms. The van der Waals surface area contributed by atoms with Crippen LogP contribution in [0, 0.1) is 0 Å². The average molecular weight is 146 g/mol. The largest absolute Gasteiger partial charge is 0.330 e. The summed E-state index contributed by atoms with van der Waals surface area (Å²) in [4.78, 5) is 9.32. The lowest BCUT2D eigenvalue weighted by molar-refractivity contribution is -0.107. The number of nitrogens with two attached hydrogens (primary N) is 1. The van der Waals surface area contributed by atoms with E-state index in [0.29, 0.717) is 13.0 Å². The number of carbonyl (C=O) groups excluding carboxylic acids is 1. The normalized spacial score (nSPS) is 7.90. The molecule has 0 fully saturated rings. The Kier molecular flexibility index (Phi) is 19.5. The molecule has 0 rings (SSSR count). The Balaban J connectivity index is 0. The summed E-state index contributed by atoms with van der Waals surface area (Å²) in [7, 11) is 1.96. The highest BCUT2D eigenvalue weighted by atomic mass is 16.1. The lowest BCUT2D eigenvalue weighted by atomic mass is 10.5. The maximum atomic E-state index is 9.32.